The number of ether oxygens (including phenoxy) is 4. The Kier molecular flexibility index (Phi) is 6.46. The average molecular weight is 364 g/mol. The molecule has 0 radical (unpaired) electrons. The van der Waals surface area contributed by atoms with Crippen LogP contribution in [0.25, 0.3) is 0 Å². The zero-order valence-corrected chi connectivity index (χ0v) is 15.6. The van der Waals surface area contributed by atoms with Crippen molar-refractivity contribution in [3.05, 3.63) is 35.0 Å². The molecular formula is C18H24N2O6. The lowest BCUT2D eigenvalue weighted by Gasteiger charge is -2.35. The molecule has 2 amide bonds. The van der Waals surface area contributed by atoms with Gasteiger partial charge in [0.25, 0.3) is 0 Å². The van der Waals surface area contributed by atoms with Crippen LogP contribution in [-0.4, -0.2) is 58.5 Å². The molecule has 1 aromatic carbocycles. The van der Waals surface area contributed by atoms with Crippen molar-refractivity contribution in [3.8, 4) is 11.5 Å². The van der Waals surface area contributed by atoms with E-state index in [1.807, 2.05) is 0 Å². The number of amides is 2. The molecule has 0 aliphatic carbocycles. The predicted octanol–water partition coefficient (Wildman–Crippen LogP) is 1.86. The number of rotatable bonds is 7. The van der Waals surface area contributed by atoms with Crippen molar-refractivity contribution in [2.24, 2.45) is 0 Å². The summed E-state index contributed by atoms with van der Waals surface area (Å²) in [4.78, 5) is 26.5. The van der Waals surface area contributed by atoms with Crippen molar-refractivity contribution in [1.82, 2.24) is 10.2 Å². The Morgan fingerprint density at radius 1 is 1.19 bits per heavy atom. The quantitative estimate of drug-likeness (QED) is 0.744. The fraction of sp³-hybridized carbons (Fsp3) is 0.444. The van der Waals surface area contributed by atoms with Crippen LogP contribution in [-0.2, 0) is 14.3 Å². The Hall–Kier alpha value is -2.74. The molecular weight excluding hydrogens is 340 g/mol. The Balaban J connectivity index is 2.59. The molecule has 1 N–H and O–H groups in total. The molecule has 1 aromatic rings. The van der Waals surface area contributed by atoms with Crippen LogP contribution in [0.4, 0.5) is 4.79 Å². The van der Waals surface area contributed by atoms with E-state index in [0.717, 1.165) is 0 Å². The van der Waals surface area contributed by atoms with Gasteiger partial charge in [0.05, 0.1) is 46.1 Å². The van der Waals surface area contributed by atoms with E-state index < -0.39 is 12.0 Å². The lowest BCUT2D eigenvalue weighted by atomic mass is 9.94. The topological polar surface area (TPSA) is 86.3 Å². The van der Waals surface area contributed by atoms with Crippen LogP contribution in [0.5, 0.6) is 11.5 Å². The number of benzene rings is 1. The molecule has 1 atom stereocenters. The molecule has 26 heavy (non-hydrogen) atoms. The number of para-hydroxylation sites is 1. The van der Waals surface area contributed by atoms with Crippen LogP contribution in [0.15, 0.2) is 29.5 Å². The van der Waals surface area contributed by atoms with E-state index in [0.29, 0.717) is 41.5 Å². The number of nitrogens with one attached hydrogen (secondary N) is 1. The van der Waals surface area contributed by atoms with Crippen molar-refractivity contribution < 1.29 is 28.5 Å². The van der Waals surface area contributed by atoms with E-state index in [4.69, 9.17) is 18.9 Å². The minimum atomic E-state index is -0.723. The van der Waals surface area contributed by atoms with E-state index in [1.165, 1.54) is 26.2 Å². The zero-order chi connectivity index (χ0) is 19.3. The molecule has 2 rings (SSSR count). The minimum Gasteiger partial charge on any atom is -0.493 e. The molecule has 0 bridgehead atoms. The highest BCUT2D eigenvalue weighted by Gasteiger charge is 2.37. The third kappa shape index (κ3) is 3.60. The zero-order valence-electron chi connectivity index (χ0n) is 15.6. The van der Waals surface area contributed by atoms with Gasteiger partial charge in [-0.1, -0.05) is 12.1 Å². The van der Waals surface area contributed by atoms with Gasteiger partial charge in [-0.2, -0.15) is 0 Å². The highest BCUT2D eigenvalue weighted by Crippen LogP contribution is 2.40. The van der Waals surface area contributed by atoms with Crippen molar-refractivity contribution >= 4 is 12.0 Å². The third-order valence-corrected chi connectivity index (χ3v) is 4.27. The van der Waals surface area contributed by atoms with Crippen LogP contribution < -0.4 is 14.8 Å². The summed E-state index contributed by atoms with van der Waals surface area (Å²) in [6.07, 6.45) is 0. The van der Waals surface area contributed by atoms with Crippen molar-refractivity contribution in [2.75, 3.05) is 41.6 Å². The Labute approximate surface area is 152 Å². The molecule has 0 unspecified atom stereocenters. The molecule has 0 saturated heterocycles. The molecule has 142 valence electrons. The van der Waals surface area contributed by atoms with Gasteiger partial charge in [-0.15, -0.1) is 0 Å². The normalized spacial score (nSPS) is 17.0. The number of urea groups is 1. The SMILES string of the molecule is COCCN1C(=O)N[C@H](c2cccc(OC)c2OC)C(C(=O)OC)=C1C. The molecule has 1 aliphatic rings. The summed E-state index contributed by atoms with van der Waals surface area (Å²) in [7, 11) is 5.88. The molecule has 0 aromatic heterocycles. The van der Waals surface area contributed by atoms with Gasteiger partial charge in [0.1, 0.15) is 0 Å². The molecule has 0 fully saturated rings. The fourth-order valence-corrected chi connectivity index (χ4v) is 2.98. The highest BCUT2D eigenvalue weighted by atomic mass is 16.5. The second-order valence-corrected chi connectivity index (χ2v) is 5.60. The van der Waals surface area contributed by atoms with Gasteiger partial charge < -0.3 is 24.3 Å². The standard InChI is InChI=1S/C18H24N2O6/c1-11-14(17(21)26-5)15(19-18(22)20(11)9-10-23-2)12-7-6-8-13(24-3)16(12)25-4/h6-8,15H,9-10H2,1-5H3,(H,19,22)/t15-/m1/s1. The smallest absolute Gasteiger partial charge is 0.337 e. The number of esters is 1. The van der Waals surface area contributed by atoms with Crippen molar-refractivity contribution in [1.29, 1.82) is 0 Å². The Morgan fingerprint density at radius 3 is 2.50 bits per heavy atom. The predicted molar refractivity (Wildman–Crippen MR) is 94.1 cm³/mol. The molecule has 0 saturated carbocycles. The van der Waals surface area contributed by atoms with Crippen molar-refractivity contribution in [3.63, 3.8) is 0 Å². The number of carbonyl (C=O) groups is 2. The van der Waals surface area contributed by atoms with Crippen LogP contribution in [0, 0.1) is 0 Å². The molecule has 8 heteroatoms. The third-order valence-electron chi connectivity index (χ3n) is 4.27. The average Bonchev–Trinajstić information content (AvgIpc) is 2.66. The summed E-state index contributed by atoms with van der Waals surface area (Å²) in [5, 5.41) is 2.85. The number of allylic oxidation sites excluding steroid dienone is 1. The van der Waals surface area contributed by atoms with E-state index in [2.05, 4.69) is 5.32 Å². The number of hydrogen-bond acceptors (Lipinski definition) is 6. The fourth-order valence-electron chi connectivity index (χ4n) is 2.98. The van der Waals surface area contributed by atoms with Gasteiger partial charge >= 0.3 is 12.0 Å². The van der Waals surface area contributed by atoms with Gasteiger partial charge in [-0.25, -0.2) is 9.59 Å². The molecule has 8 nitrogen and oxygen atoms in total. The largest absolute Gasteiger partial charge is 0.493 e. The number of hydrogen-bond donors (Lipinski definition) is 1. The molecule has 0 spiro atoms. The van der Waals surface area contributed by atoms with Gasteiger partial charge in [-0.05, 0) is 13.0 Å². The van der Waals surface area contributed by atoms with Crippen LogP contribution in [0.2, 0.25) is 0 Å². The van der Waals surface area contributed by atoms with Crippen LogP contribution in [0.3, 0.4) is 0 Å². The number of carbonyl (C=O) groups excluding carboxylic acids is 2. The first kappa shape index (κ1) is 19.6. The summed E-state index contributed by atoms with van der Waals surface area (Å²) < 4.78 is 20.8. The van der Waals surface area contributed by atoms with E-state index in [-0.39, 0.29) is 6.03 Å². The van der Waals surface area contributed by atoms with Gasteiger partial charge in [0.2, 0.25) is 0 Å². The van der Waals surface area contributed by atoms with Crippen molar-refractivity contribution in [2.45, 2.75) is 13.0 Å². The highest BCUT2D eigenvalue weighted by molar-refractivity contribution is 5.95. The first-order valence-corrected chi connectivity index (χ1v) is 8.07. The summed E-state index contributed by atoms with van der Waals surface area (Å²) in [5.74, 6) is 0.419. The first-order valence-electron chi connectivity index (χ1n) is 8.07. The second kappa shape index (κ2) is 8.57. The lowest BCUT2D eigenvalue weighted by Crippen LogP contribution is -2.49. The maximum atomic E-state index is 12.6. The Morgan fingerprint density at radius 2 is 1.92 bits per heavy atom. The van der Waals surface area contributed by atoms with E-state index in [9.17, 15) is 9.59 Å². The number of methoxy groups -OCH3 is 4. The van der Waals surface area contributed by atoms with Crippen LogP contribution in [0.1, 0.15) is 18.5 Å². The first-order chi connectivity index (χ1) is 12.5. The van der Waals surface area contributed by atoms with E-state index >= 15 is 0 Å². The Bertz CT molecular complexity index is 716. The molecule has 1 heterocycles. The lowest BCUT2D eigenvalue weighted by molar-refractivity contribution is -0.136. The minimum absolute atomic E-state index is 0.316. The van der Waals surface area contributed by atoms with E-state index in [1.54, 1.807) is 32.2 Å². The summed E-state index contributed by atoms with van der Waals surface area (Å²) in [6, 6.07) is 4.23. The second-order valence-electron chi connectivity index (χ2n) is 5.60. The maximum absolute atomic E-state index is 12.6. The van der Waals surface area contributed by atoms with Crippen LogP contribution >= 0.6 is 0 Å². The van der Waals surface area contributed by atoms with Gasteiger partial charge in [-0.3, -0.25) is 4.90 Å². The summed E-state index contributed by atoms with van der Waals surface area (Å²) >= 11 is 0. The maximum Gasteiger partial charge on any atom is 0.337 e. The van der Waals surface area contributed by atoms with Gasteiger partial charge in [0, 0.05) is 18.4 Å². The number of nitrogens with zero attached hydrogens (tertiary/aromatic N) is 1. The molecule has 1 aliphatic heterocycles. The summed E-state index contributed by atoms with van der Waals surface area (Å²) in [5.41, 5.74) is 1.44. The summed E-state index contributed by atoms with van der Waals surface area (Å²) in [6.45, 7) is 2.36. The monoisotopic (exact) mass is 364 g/mol. The van der Waals surface area contributed by atoms with Gasteiger partial charge in [0.15, 0.2) is 11.5 Å².